The topological polar surface area (TPSA) is 46.9 Å². The average molecular weight is 437 g/mol. The van der Waals surface area contributed by atoms with Gasteiger partial charge in [0.15, 0.2) is 0 Å². The van der Waals surface area contributed by atoms with Crippen molar-refractivity contribution in [2.45, 2.75) is 44.7 Å². The van der Waals surface area contributed by atoms with E-state index < -0.39 is 0 Å². The molecule has 1 saturated heterocycles. The van der Waals surface area contributed by atoms with Crippen LogP contribution in [0.3, 0.4) is 0 Å². The first kappa shape index (κ1) is 19.6. The Morgan fingerprint density at radius 3 is 2.36 bits per heavy atom. The second-order valence-corrected chi connectivity index (χ2v) is 10.2. The third kappa shape index (κ3) is 3.04. The highest BCUT2D eigenvalue weighted by Crippen LogP contribution is 2.45. The first-order valence-corrected chi connectivity index (χ1v) is 12.6. The lowest BCUT2D eigenvalue weighted by molar-refractivity contribution is 0.131. The number of allylic oxidation sites excluding steroid dienone is 1. The molecule has 1 fully saturated rings. The maximum Gasteiger partial charge on any atom is 0.0510 e. The van der Waals surface area contributed by atoms with Gasteiger partial charge in [-0.2, -0.15) is 0 Å². The summed E-state index contributed by atoms with van der Waals surface area (Å²) in [5, 5.41) is 6.70. The average Bonchev–Trinajstić information content (AvgIpc) is 3.43. The van der Waals surface area contributed by atoms with Gasteiger partial charge in [0.2, 0.25) is 0 Å². The molecular weight excluding hydrogens is 404 g/mol. The number of aromatic amines is 2. The van der Waals surface area contributed by atoms with Gasteiger partial charge in [-0.1, -0.05) is 48.0 Å². The maximum absolute atomic E-state index is 3.86. The van der Waals surface area contributed by atoms with E-state index in [9.17, 15) is 0 Å². The number of para-hydroxylation sites is 2. The highest BCUT2D eigenvalue weighted by atomic mass is 15.2. The van der Waals surface area contributed by atoms with Crippen LogP contribution in [0.15, 0.2) is 60.2 Å². The molecule has 4 nitrogen and oxygen atoms in total. The fourth-order valence-corrected chi connectivity index (χ4v) is 6.93. The summed E-state index contributed by atoms with van der Waals surface area (Å²) in [4.78, 5) is 10.3. The molecule has 2 aromatic heterocycles. The molecule has 0 radical (unpaired) electrons. The number of H-pyrrole nitrogens is 2. The van der Waals surface area contributed by atoms with Crippen molar-refractivity contribution < 1.29 is 0 Å². The van der Waals surface area contributed by atoms with Crippen molar-refractivity contribution in [2.24, 2.45) is 5.92 Å². The minimum Gasteiger partial charge on any atom is -0.357 e. The Labute approximate surface area is 195 Å². The van der Waals surface area contributed by atoms with E-state index in [2.05, 4.69) is 81.7 Å². The number of nitrogens with one attached hydrogen (secondary N) is 3. The number of nitrogens with zero attached hydrogens (tertiary/aromatic N) is 1. The normalized spacial score (nSPS) is 26.5. The summed E-state index contributed by atoms with van der Waals surface area (Å²) < 4.78 is 0. The van der Waals surface area contributed by atoms with Gasteiger partial charge in [-0.05, 0) is 68.3 Å². The molecule has 3 N–H and O–H groups in total. The summed E-state index contributed by atoms with van der Waals surface area (Å²) in [6.07, 6.45) is 7.04. The SMILES string of the molecule is C/C=C1/CN2CCc3c([nH]c4ccccc34)[C@@H]2C[C@@H]1C[C@@H]1NCCc2c1[nH]c1ccccc21. The Kier molecular flexibility index (Phi) is 4.53. The Morgan fingerprint density at radius 2 is 1.61 bits per heavy atom. The number of hydrogen-bond donors (Lipinski definition) is 3. The molecule has 4 heteroatoms. The minimum absolute atomic E-state index is 0.401. The van der Waals surface area contributed by atoms with E-state index >= 15 is 0 Å². The van der Waals surface area contributed by atoms with E-state index in [-0.39, 0.29) is 0 Å². The summed E-state index contributed by atoms with van der Waals surface area (Å²) in [5.41, 5.74) is 10.2. The smallest absolute Gasteiger partial charge is 0.0510 e. The van der Waals surface area contributed by atoms with Crippen molar-refractivity contribution in [2.75, 3.05) is 19.6 Å². The highest BCUT2D eigenvalue weighted by molar-refractivity contribution is 5.86. The van der Waals surface area contributed by atoms with Crippen LogP contribution in [-0.4, -0.2) is 34.5 Å². The number of piperidine rings is 1. The van der Waals surface area contributed by atoms with Crippen LogP contribution in [0, 0.1) is 5.92 Å². The first-order chi connectivity index (χ1) is 16.3. The quantitative estimate of drug-likeness (QED) is 0.348. The van der Waals surface area contributed by atoms with Gasteiger partial charge in [0.1, 0.15) is 0 Å². The van der Waals surface area contributed by atoms with Crippen molar-refractivity contribution in [1.29, 1.82) is 0 Å². The third-order valence-corrected chi connectivity index (χ3v) is 8.54. The molecule has 3 aliphatic heterocycles. The molecular formula is C29H32N4. The molecule has 4 aromatic rings. The van der Waals surface area contributed by atoms with Gasteiger partial charge in [-0.15, -0.1) is 0 Å². The van der Waals surface area contributed by atoms with Crippen LogP contribution in [0.1, 0.15) is 54.4 Å². The molecule has 0 aliphatic carbocycles. The number of benzene rings is 2. The van der Waals surface area contributed by atoms with E-state index in [0.717, 1.165) is 32.5 Å². The van der Waals surface area contributed by atoms with Crippen molar-refractivity contribution in [3.63, 3.8) is 0 Å². The van der Waals surface area contributed by atoms with Crippen LogP contribution in [0.2, 0.25) is 0 Å². The lowest BCUT2D eigenvalue weighted by atomic mass is 9.78. The monoisotopic (exact) mass is 436 g/mol. The van der Waals surface area contributed by atoms with Crippen LogP contribution < -0.4 is 5.32 Å². The standard InChI is InChI=1S/C29H32N4/c1-2-18-17-33-14-12-23-21-8-4-6-10-25(21)32-29(23)27(33)16-19(18)15-26-28-22(11-13-30-26)20-7-3-5-9-24(20)31-28/h2-10,19,26-27,30-32H,11-17H2,1H3/b18-2-/t19-,26-,27-/m0/s1. The Bertz CT molecular complexity index is 1370. The summed E-state index contributed by atoms with van der Waals surface area (Å²) in [6, 6.07) is 18.6. The molecule has 33 heavy (non-hydrogen) atoms. The van der Waals surface area contributed by atoms with Crippen LogP contribution in [0.5, 0.6) is 0 Å². The van der Waals surface area contributed by atoms with Gasteiger partial charge in [-0.3, -0.25) is 4.90 Å². The zero-order valence-electron chi connectivity index (χ0n) is 19.3. The van der Waals surface area contributed by atoms with Gasteiger partial charge in [0.25, 0.3) is 0 Å². The van der Waals surface area contributed by atoms with Gasteiger partial charge in [-0.25, -0.2) is 0 Å². The van der Waals surface area contributed by atoms with E-state index in [1.807, 2.05) is 0 Å². The molecule has 0 saturated carbocycles. The predicted molar refractivity (Wildman–Crippen MR) is 136 cm³/mol. The molecule has 0 spiro atoms. The number of aromatic nitrogens is 2. The Hall–Kier alpha value is -2.82. The van der Waals surface area contributed by atoms with Gasteiger partial charge >= 0.3 is 0 Å². The molecule has 0 amide bonds. The Balaban J connectivity index is 1.22. The van der Waals surface area contributed by atoms with Gasteiger partial charge in [0, 0.05) is 52.3 Å². The lowest BCUT2D eigenvalue weighted by Gasteiger charge is -2.44. The van der Waals surface area contributed by atoms with Gasteiger partial charge in [0.05, 0.1) is 6.04 Å². The Morgan fingerprint density at radius 1 is 0.909 bits per heavy atom. The predicted octanol–water partition coefficient (Wildman–Crippen LogP) is 5.79. The summed E-state index contributed by atoms with van der Waals surface area (Å²) in [7, 11) is 0. The zero-order chi connectivity index (χ0) is 21.9. The van der Waals surface area contributed by atoms with E-state index in [4.69, 9.17) is 0 Å². The molecule has 0 bridgehead atoms. The summed E-state index contributed by atoms with van der Waals surface area (Å²) in [6.45, 7) is 5.58. The van der Waals surface area contributed by atoms with Crippen molar-refractivity contribution >= 4 is 21.8 Å². The fraction of sp³-hybridized carbons (Fsp3) is 0.379. The largest absolute Gasteiger partial charge is 0.357 e. The van der Waals surface area contributed by atoms with E-state index in [1.54, 1.807) is 11.1 Å². The zero-order valence-corrected chi connectivity index (χ0v) is 19.3. The number of hydrogen-bond acceptors (Lipinski definition) is 2. The third-order valence-electron chi connectivity index (χ3n) is 8.54. The van der Waals surface area contributed by atoms with Crippen LogP contribution in [0.25, 0.3) is 21.8 Å². The van der Waals surface area contributed by atoms with Crippen molar-refractivity contribution in [3.05, 3.63) is 82.7 Å². The minimum atomic E-state index is 0.401. The lowest BCUT2D eigenvalue weighted by Crippen LogP contribution is -2.43. The van der Waals surface area contributed by atoms with Crippen LogP contribution in [-0.2, 0) is 12.8 Å². The van der Waals surface area contributed by atoms with Crippen molar-refractivity contribution in [1.82, 2.24) is 20.2 Å². The number of rotatable bonds is 2. The second kappa shape index (κ2) is 7.61. The molecule has 3 atom stereocenters. The molecule has 168 valence electrons. The molecule has 5 heterocycles. The molecule has 2 aromatic carbocycles. The van der Waals surface area contributed by atoms with Crippen molar-refractivity contribution in [3.8, 4) is 0 Å². The van der Waals surface area contributed by atoms with Crippen LogP contribution in [0.4, 0.5) is 0 Å². The van der Waals surface area contributed by atoms with Gasteiger partial charge < -0.3 is 15.3 Å². The van der Waals surface area contributed by atoms with E-state index in [0.29, 0.717) is 18.0 Å². The van der Waals surface area contributed by atoms with Crippen LogP contribution >= 0.6 is 0 Å². The highest BCUT2D eigenvalue weighted by Gasteiger charge is 2.39. The van der Waals surface area contributed by atoms with E-state index in [1.165, 1.54) is 51.6 Å². The molecule has 0 unspecified atom stereocenters. The first-order valence-electron chi connectivity index (χ1n) is 12.6. The summed E-state index contributed by atoms with van der Waals surface area (Å²) in [5.74, 6) is 0.600. The second-order valence-electron chi connectivity index (χ2n) is 10.2. The number of fused-ring (bicyclic) bond motifs is 8. The summed E-state index contributed by atoms with van der Waals surface area (Å²) >= 11 is 0. The maximum atomic E-state index is 3.86. The fourth-order valence-electron chi connectivity index (χ4n) is 6.93. The molecule has 7 rings (SSSR count). The molecule has 3 aliphatic rings.